The van der Waals surface area contributed by atoms with E-state index in [9.17, 15) is 4.79 Å². The summed E-state index contributed by atoms with van der Waals surface area (Å²) in [7, 11) is 0. The number of rotatable bonds is 6. The van der Waals surface area contributed by atoms with Crippen LogP contribution in [0.1, 0.15) is 12.0 Å². The van der Waals surface area contributed by atoms with E-state index < -0.39 is 0 Å². The zero-order chi connectivity index (χ0) is 15.9. The molecule has 3 aromatic rings. The Morgan fingerprint density at radius 2 is 1.96 bits per heavy atom. The van der Waals surface area contributed by atoms with Gasteiger partial charge in [-0.1, -0.05) is 36.4 Å². The molecule has 116 valence electrons. The molecule has 0 fully saturated rings. The molecule has 0 saturated heterocycles. The molecule has 3 rings (SSSR count). The molecule has 0 radical (unpaired) electrons. The highest BCUT2D eigenvalue weighted by molar-refractivity contribution is 7.14. The molecule has 0 atom stereocenters. The number of hydrogen-bond acceptors (Lipinski definition) is 6. The number of benzene rings is 1. The maximum atomic E-state index is 11.9. The van der Waals surface area contributed by atoms with Crippen molar-refractivity contribution in [1.29, 1.82) is 0 Å². The Bertz CT molecular complexity index is 760. The predicted octanol–water partition coefficient (Wildman–Crippen LogP) is 3.82. The molecule has 0 bridgehead atoms. The lowest BCUT2D eigenvalue weighted by Crippen LogP contribution is -2.09. The minimum Gasteiger partial charge on any atom is -0.406 e. The summed E-state index contributed by atoms with van der Waals surface area (Å²) in [6.45, 7) is 0. The van der Waals surface area contributed by atoms with Crippen LogP contribution in [0.15, 0.2) is 60.1 Å². The van der Waals surface area contributed by atoms with Crippen molar-refractivity contribution in [1.82, 2.24) is 9.97 Å². The molecule has 0 aliphatic rings. The number of hydrogen-bond donors (Lipinski definition) is 1. The summed E-state index contributed by atoms with van der Waals surface area (Å²) in [5, 5.41) is 5.39. The zero-order valence-corrected chi connectivity index (χ0v) is 13.1. The van der Waals surface area contributed by atoms with Crippen LogP contribution in [-0.2, 0) is 11.2 Å². The van der Waals surface area contributed by atoms with Crippen LogP contribution in [-0.4, -0.2) is 15.9 Å². The number of esters is 1. The first-order valence-electron chi connectivity index (χ1n) is 7.18. The molecular weight excluding hydrogens is 310 g/mol. The van der Waals surface area contributed by atoms with Crippen LogP contribution in [0.3, 0.4) is 0 Å². The molecule has 1 N–H and O–H groups in total. The highest BCUT2D eigenvalue weighted by atomic mass is 32.1. The number of carbonyl (C=O) groups is 1. The summed E-state index contributed by atoms with van der Waals surface area (Å²) < 4.78 is 5.25. The molecule has 0 unspecified atom stereocenters. The van der Waals surface area contributed by atoms with Gasteiger partial charge in [0.05, 0.1) is 11.8 Å². The molecule has 0 amide bonds. The lowest BCUT2D eigenvalue weighted by atomic mass is 10.1. The van der Waals surface area contributed by atoms with Gasteiger partial charge in [-0.05, 0) is 24.1 Å². The number of aryl methyl sites for hydroxylation is 1. The van der Waals surface area contributed by atoms with Crippen LogP contribution in [0.2, 0.25) is 0 Å². The standard InChI is InChI=1S/C17H15N3O2S/c21-16(10-9-13-6-2-1-3-7-13)22-15-12-23-17(20-15)19-14-8-4-5-11-18-14/h1-8,11-12H,9-10H2,(H,18,19,20). The summed E-state index contributed by atoms with van der Waals surface area (Å²) in [4.78, 5) is 20.2. The van der Waals surface area contributed by atoms with Gasteiger partial charge >= 0.3 is 5.97 Å². The third-order valence-corrected chi connectivity index (χ3v) is 3.80. The van der Waals surface area contributed by atoms with E-state index in [0.717, 1.165) is 5.56 Å². The monoisotopic (exact) mass is 325 g/mol. The van der Waals surface area contributed by atoms with E-state index in [1.165, 1.54) is 11.3 Å². The first-order chi connectivity index (χ1) is 11.3. The predicted molar refractivity (Wildman–Crippen MR) is 90.0 cm³/mol. The Morgan fingerprint density at radius 1 is 1.13 bits per heavy atom. The lowest BCUT2D eigenvalue weighted by Gasteiger charge is -2.02. The van der Waals surface area contributed by atoms with E-state index in [-0.39, 0.29) is 5.97 Å². The number of carbonyl (C=O) groups excluding carboxylic acids is 1. The quantitative estimate of drug-likeness (QED) is 0.698. The van der Waals surface area contributed by atoms with Gasteiger partial charge in [-0.3, -0.25) is 4.79 Å². The summed E-state index contributed by atoms with van der Waals surface area (Å²) in [5.41, 5.74) is 1.11. The third kappa shape index (κ3) is 4.62. The minimum absolute atomic E-state index is 0.288. The zero-order valence-electron chi connectivity index (χ0n) is 12.3. The van der Waals surface area contributed by atoms with Crippen molar-refractivity contribution in [3.05, 3.63) is 65.7 Å². The van der Waals surface area contributed by atoms with Crippen LogP contribution in [0.5, 0.6) is 5.88 Å². The van der Waals surface area contributed by atoms with E-state index in [1.54, 1.807) is 11.6 Å². The molecule has 0 aliphatic carbocycles. The number of aromatic nitrogens is 2. The van der Waals surface area contributed by atoms with E-state index >= 15 is 0 Å². The second-order valence-corrected chi connectivity index (χ2v) is 5.65. The lowest BCUT2D eigenvalue weighted by molar-refractivity contribution is -0.134. The molecule has 0 saturated carbocycles. The Morgan fingerprint density at radius 3 is 2.74 bits per heavy atom. The summed E-state index contributed by atoms with van der Waals surface area (Å²) in [6.07, 6.45) is 2.67. The highest BCUT2D eigenvalue weighted by Gasteiger charge is 2.09. The van der Waals surface area contributed by atoms with Crippen LogP contribution in [0, 0.1) is 0 Å². The smallest absolute Gasteiger partial charge is 0.312 e. The third-order valence-electron chi connectivity index (χ3n) is 3.06. The number of ether oxygens (including phenoxy) is 1. The largest absolute Gasteiger partial charge is 0.406 e. The SMILES string of the molecule is O=C(CCc1ccccc1)Oc1csc(Nc2ccccn2)n1. The molecule has 5 nitrogen and oxygen atoms in total. The highest BCUT2D eigenvalue weighted by Crippen LogP contribution is 2.24. The second-order valence-electron chi connectivity index (χ2n) is 4.79. The van der Waals surface area contributed by atoms with E-state index in [0.29, 0.717) is 29.7 Å². The Kier molecular flexibility index (Phi) is 4.95. The number of pyridine rings is 1. The van der Waals surface area contributed by atoms with Crippen molar-refractivity contribution in [2.24, 2.45) is 0 Å². The molecule has 23 heavy (non-hydrogen) atoms. The number of anilines is 2. The molecule has 6 heteroatoms. The number of nitrogens with one attached hydrogen (secondary N) is 1. The second kappa shape index (κ2) is 7.51. The topological polar surface area (TPSA) is 64.1 Å². The van der Waals surface area contributed by atoms with Crippen LogP contribution in [0.25, 0.3) is 0 Å². The van der Waals surface area contributed by atoms with Crippen molar-refractivity contribution < 1.29 is 9.53 Å². The van der Waals surface area contributed by atoms with Gasteiger partial charge in [-0.2, -0.15) is 4.98 Å². The van der Waals surface area contributed by atoms with E-state index in [2.05, 4.69) is 15.3 Å². The molecule has 2 heterocycles. The summed E-state index contributed by atoms with van der Waals surface area (Å²) >= 11 is 1.36. The fourth-order valence-electron chi connectivity index (χ4n) is 1.97. The first kappa shape index (κ1) is 15.2. The summed E-state index contributed by atoms with van der Waals surface area (Å²) in [5.74, 6) is 0.721. The fraction of sp³-hybridized carbons (Fsp3) is 0.118. The van der Waals surface area contributed by atoms with Gasteiger partial charge in [0.1, 0.15) is 5.82 Å². The van der Waals surface area contributed by atoms with Crippen molar-refractivity contribution in [3.8, 4) is 5.88 Å². The van der Waals surface area contributed by atoms with E-state index in [1.807, 2.05) is 48.5 Å². The normalized spacial score (nSPS) is 10.3. The number of nitrogens with zero attached hydrogens (tertiary/aromatic N) is 2. The molecular formula is C17H15N3O2S. The average molecular weight is 325 g/mol. The van der Waals surface area contributed by atoms with Gasteiger partial charge in [-0.25, -0.2) is 4.98 Å². The van der Waals surface area contributed by atoms with Crippen molar-refractivity contribution in [2.45, 2.75) is 12.8 Å². The molecule has 2 aromatic heterocycles. The van der Waals surface area contributed by atoms with Gasteiger partial charge in [0.2, 0.25) is 5.88 Å². The Hall–Kier alpha value is -2.73. The molecule has 1 aromatic carbocycles. The molecule has 0 spiro atoms. The van der Waals surface area contributed by atoms with Gasteiger partial charge in [0, 0.05) is 6.20 Å². The van der Waals surface area contributed by atoms with E-state index in [4.69, 9.17) is 4.74 Å². The van der Waals surface area contributed by atoms with Crippen molar-refractivity contribution in [2.75, 3.05) is 5.32 Å². The minimum atomic E-state index is -0.288. The van der Waals surface area contributed by atoms with Gasteiger partial charge in [0.25, 0.3) is 0 Å². The van der Waals surface area contributed by atoms with Gasteiger partial charge in [-0.15, -0.1) is 11.3 Å². The maximum absolute atomic E-state index is 11.9. The van der Waals surface area contributed by atoms with Crippen molar-refractivity contribution >= 4 is 28.3 Å². The summed E-state index contributed by atoms with van der Waals surface area (Å²) in [6, 6.07) is 15.4. The first-order valence-corrected chi connectivity index (χ1v) is 8.06. The van der Waals surface area contributed by atoms with Gasteiger partial charge in [0.15, 0.2) is 5.13 Å². The van der Waals surface area contributed by atoms with Crippen LogP contribution >= 0.6 is 11.3 Å². The average Bonchev–Trinajstić information content (AvgIpc) is 3.02. The van der Waals surface area contributed by atoms with Crippen LogP contribution < -0.4 is 10.1 Å². The van der Waals surface area contributed by atoms with Crippen molar-refractivity contribution in [3.63, 3.8) is 0 Å². The Labute approximate surface area is 138 Å². The van der Waals surface area contributed by atoms with Gasteiger partial charge < -0.3 is 10.1 Å². The maximum Gasteiger partial charge on any atom is 0.312 e. The van der Waals surface area contributed by atoms with Crippen LogP contribution in [0.4, 0.5) is 10.9 Å². The molecule has 0 aliphatic heterocycles. The Balaban J connectivity index is 1.51. The number of thiazole rings is 1. The fourth-order valence-corrected chi connectivity index (χ4v) is 2.59.